The summed E-state index contributed by atoms with van der Waals surface area (Å²) in [6, 6.07) is 10.1. The number of nitrogens with one attached hydrogen (secondary N) is 2. The predicted octanol–water partition coefficient (Wildman–Crippen LogP) is 2.31. The van der Waals surface area contributed by atoms with Crippen molar-refractivity contribution in [1.29, 1.82) is 0 Å². The number of benzene rings is 1. The summed E-state index contributed by atoms with van der Waals surface area (Å²) in [6.07, 6.45) is 2.73. The van der Waals surface area contributed by atoms with Gasteiger partial charge in [-0.05, 0) is 44.8 Å². The summed E-state index contributed by atoms with van der Waals surface area (Å²) in [5, 5.41) is 6.50. The number of carbonyl (C=O) groups is 1. The van der Waals surface area contributed by atoms with Gasteiger partial charge in [-0.1, -0.05) is 30.3 Å². The molecule has 1 unspecified atom stereocenters. The molecular weight excluding hydrogens is 294 g/mol. The monoisotopic (exact) mass is 323 g/mol. The minimum Gasteiger partial charge on any atom is -0.353 e. The average Bonchev–Trinajstić information content (AvgIpc) is 2.50. The molecule has 0 aliphatic rings. The molecule has 0 bridgehead atoms. The first-order valence-corrected chi connectivity index (χ1v) is 9.10. The smallest absolute Gasteiger partial charge is 0.237 e. The molecule has 1 rings (SSSR count). The SMILES string of the molecule is CSCC[C@H](N)C(=O)NCC(C)(C)NC(C)c1ccccc1. The van der Waals surface area contributed by atoms with E-state index in [2.05, 4.69) is 43.5 Å². The Morgan fingerprint density at radius 2 is 1.95 bits per heavy atom. The number of carbonyl (C=O) groups excluding carboxylic acids is 1. The third kappa shape index (κ3) is 6.81. The van der Waals surface area contributed by atoms with Gasteiger partial charge in [0.25, 0.3) is 0 Å². The maximum atomic E-state index is 12.0. The minimum atomic E-state index is -0.421. The first-order valence-electron chi connectivity index (χ1n) is 7.70. The molecule has 0 aliphatic carbocycles. The van der Waals surface area contributed by atoms with Gasteiger partial charge < -0.3 is 16.4 Å². The number of thioether (sulfide) groups is 1. The van der Waals surface area contributed by atoms with E-state index in [4.69, 9.17) is 5.73 Å². The van der Waals surface area contributed by atoms with Gasteiger partial charge in [0.1, 0.15) is 0 Å². The number of rotatable bonds is 9. The standard InChI is InChI=1S/C17H29N3OS/c1-13(14-8-6-5-7-9-14)20-17(2,3)12-19-16(21)15(18)10-11-22-4/h5-9,13,15,20H,10-12,18H2,1-4H3,(H,19,21)/t13?,15-/m0/s1. The van der Waals surface area contributed by atoms with E-state index in [1.165, 1.54) is 5.56 Å². The van der Waals surface area contributed by atoms with Gasteiger partial charge in [0.2, 0.25) is 5.91 Å². The Morgan fingerprint density at radius 1 is 1.32 bits per heavy atom. The molecule has 0 radical (unpaired) electrons. The molecule has 4 nitrogen and oxygen atoms in total. The summed E-state index contributed by atoms with van der Waals surface area (Å²) < 4.78 is 0. The van der Waals surface area contributed by atoms with Crippen molar-refractivity contribution in [2.75, 3.05) is 18.6 Å². The van der Waals surface area contributed by atoms with Gasteiger partial charge in [-0.3, -0.25) is 4.79 Å². The van der Waals surface area contributed by atoms with Gasteiger partial charge in [-0.25, -0.2) is 0 Å². The van der Waals surface area contributed by atoms with Crippen LogP contribution in [-0.4, -0.2) is 36.0 Å². The second-order valence-corrected chi connectivity index (χ2v) is 7.25. The van der Waals surface area contributed by atoms with Crippen molar-refractivity contribution in [3.05, 3.63) is 35.9 Å². The molecule has 0 spiro atoms. The van der Waals surface area contributed by atoms with Crippen molar-refractivity contribution in [1.82, 2.24) is 10.6 Å². The fourth-order valence-corrected chi connectivity index (χ4v) is 2.77. The van der Waals surface area contributed by atoms with Crippen LogP contribution in [0.2, 0.25) is 0 Å². The molecule has 1 aromatic carbocycles. The largest absolute Gasteiger partial charge is 0.353 e. The summed E-state index contributed by atoms with van der Waals surface area (Å²) in [6.45, 7) is 6.85. The molecular formula is C17H29N3OS. The van der Waals surface area contributed by atoms with Crippen LogP contribution in [0.25, 0.3) is 0 Å². The zero-order valence-electron chi connectivity index (χ0n) is 14.1. The van der Waals surface area contributed by atoms with Crippen LogP contribution in [0.5, 0.6) is 0 Å². The van der Waals surface area contributed by atoms with E-state index in [0.717, 1.165) is 5.75 Å². The Kier molecular flexibility index (Phi) is 7.93. The number of hydrogen-bond donors (Lipinski definition) is 3. The van der Waals surface area contributed by atoms with Gasteiger partial charge in [0.15, 0.2) is 0 Å². The van der Waals surface area contributed by atoms with Crippen LogP contribution in [0.3, 0.4) is 0 Å². The van der Waals surface area contributed by atoms with Gasteiger partial charge in [0.05, 0.1) is 6.04 Å². The Bertz CT molecular complexity index is 450. The summed E-state index contributed by atoms with van der Waals surface area (Å²) in [7, 11) is 0. The molecule has 0 aromatic heterocycles. The second kappa shape index (κ2) is 9.18. The van der Waals surface area contributed by atoms with E-state index in [-0.39, 0.29) is 17.5 Å². The highest BCUT2D eigenvalue weighted by Crippen LogP contribution is 2.15. The molecule has 0 aliphatic heterocycles. The lowest BCUT2D eigenvalue weighted by molar-refractivity contribution is -0.122. The zero-order valence-corrected chi connectivity index (χ0v) is 14.9. The lowest BCUT2D eigenvalue weighted by Gasteiger charge is -2.31. The van der Waals surface area contributed by atoms with Crippen LogP contribution in [0, 0.1) is 0 Å². The number of amides is 1. The molecule has 5 heteroatoms. The first-order chi connectivity index (χ1) is 10.4. The Morgan fingerprint density at radius 3 is 2.55 bits per heavy atom. The molecule has 124 valence electrons. The Balaban J connectivity index is 2.45. The fourth-order valence-electron chi connectivity index (χ4n) is 2.28. The Hall–Kier alpha value is -1.04. The van der Waals surface area contributed by atoms with Crippen LogP contribution in [0.15, 0.2) is 30.3 Å². The summed E-state index contributed by atoms with van der Waals surface area (Å²) in [5.41, 5.74) is 6.91. The van der Waals surface area contributed by atoms with Crippen molar-refractivity contribution >= 4 is 17.7 Å². The highest BCUT2D eigenvalue weighted by atomic mass is 32.2. The topological polar surface area (TPSA) is 67.2 Å². The zero-order chi connectivity index (χ0) is 16.6. The second-order valence-electron chi connectivity index (χ2n) is 6.27. The van der Waals surface area contributed by atoms with Crippen LogP contribution in [0.1, 0.15) is 38.8 Å². The van der Waals surface area contributed by atoms with Gasteiger partial charge >= 0.3 is 0 Å². The molecule has 0 heterocycles. The summed E-state index contributed by atoms with van der Waals surface area (Å²) in [4.78, 5) is 12.0. The summed E-state index contributed by atoms with van der Waals surface area (Å²) >= 11 is 1.70. The molecule has 0 fully saturated rings. The third-order valence-electron chi connectivity index (χ3n) is 3.58. The van der Waals surface area contributed by atoms with E-state index in [0.29, 0.717) is 13.0 Å². The average molecular weight is 324 g/mol. The van der Waals surface area contributed by atoms with Crippen LogP contribution < -0.4 is 16.4 Å². The molecule has 1 aromatic rings. The first kappa shape index (κ1) is 19.0. The van der Waals surface area contributed by atoms with Crippen LogP contribution in [0.4, 0.5) is 0 Å². The maximum absolute atomic E-state index is 12.0. The number of hydrogen-bond acceptors (Lipinski definition) is 4. The molecule has 4 N–H and O–H groups in total. The van der Waals surface area contributed by atoms with Crippen molar-refractivity contribution in [3.8, 4) is 0 Å². The predicted molar refractivity (Wildman–Crippen MR) is 96.1 cm³/mol. The van der Waals surface area contributed by atoms with E-state index in [9.17, 15) is 4.79 Å². The van der Waals surface area contributed by atoms with Crippen molar-refractivity contribution in [2.45, 2.75) is 44.8 Å². The van der Waals surface area contributed by atoms with Crippen LogP contribution >= 0.6 is 11.8 Å². The Labute approximate surface area is 138 Å². The van der Waals surface area contributed by atoms with E-state index in [1.807, 2.05) is 24.5 Å². The highest BCUT2D eigenvalue weighted by Gasteiger charge is 2.23. The molecule has 0 saturated carbocycles. The van der Waals surface area contributed by atoms with E-state index < -0.39 is 6.04 Å². The van der Waals surface area contributed by atoms with Gasteiger partial charge in [-0.15, -0.1) is 0 Å². The lowest BCUT2D eigenvalue weighted by Crippen LogP contribution is -2.52. The highest BCUT2D eigenvalue weighted by molar-refractivity contribution is 7.98. The maximum Gasteiger partial charge on any atom is 0.237 e. The minimum absolute atomic E-state index is 0.0729. The van der Waals surface area contributed by atoms with Crippen molar-refractivity contribution in [3.63, 3.8) is 0 Å². The van der Waals surface area contributed by atoms with Gasteiger partial charge in [-0.2, -0.15) is 11.8 Å². The normalized spacial score (nSPS) is 14.4. The van der Waals surface area contributed by atoms with Crippen LogP contribution in [-0.2, 0) is 4.79 Å². The number of nitrogens with two attached hydrogens (primary N) is 1. The molecule has 22 heavy (non-hydrogen) atoms. The van der Waals surface area contributed by atoms with E-state index >= 15 is 0 Å². The van der Waals surface area contributed by atoms with E-state index in [1.54, 1.807) is 11.8 Å². The molecule has 2 atom stereocenters. The van der Waals surface area contributed by atoms with Gasteiger partial charge in [0, 0.05) is 18.1 Å². The summed E-state index contributed by atoms with van der Waals surface area (Å²) in [5.74, 6) is 0.831. The lowest BCUT2D eigenvalue weighted by atomic mass is 10.0. The molecule has 0 saturated heterocycles. The molecule has 1 amide bonds. The fraction of sp³-hybridized carbons (Fsp3) is 0.588. The van der Waals surface area contributed by atoms with Crippen molar-refractivity contribution in [2.24, 2.45) is 5.73 Å². The third-order valence-corrected chi connectivity index (χ3v) is 4.23. The van der Waals surface area contributed by atoms with Crippen molar-refractivity contribution < 1.29 is 4.79 Å². The quantitative estimate of drug-likeness (QED) is 0.652.